The maximum Gasteiger partial charge on any atom is 0.0897 e. The van der Waals surface area contributed by atoms with E-state index in [1.165, 1.54) is 4.88 Å². The zero-order valence-corrected chi connectivity index (χ0v) is 10.8. The maximum atomic E-state index is 9.53. The average Bonchev–Trinajstić information content (AvgIpc) is 2.77. The van der Waals surface area contributed by atoms with Gasteiger partial charge in [0.25, 0.3) is 0 Å². The molecule has 1 rings (SSSR count). The Balaban J connectivity index is 2.26. The molecule has 92 valence electrons. The van der Waals surface area contributed by atoms with Crippen molar-refractivity contribution in [2.75, 3.05) is 20.3 Å². The van der Waals surface area contributed by atoms with Crippen molar-refractivity contribution in [2.45, 2.75) is 31.9 Å². The summed E-state index contributed by atoms with van der Waals surface area (Å²) in [7, 11) is 1.60. The van der Waals surface area contributed by atoms with Gasteiger partial charge in [-0.2, -0.15) is 0 Å². The summed E-state index contributed by atoms with van der Waals surface area (Å²) in [4.78, 5) is 1.39. The molecule has 0 aliphatic heterocycles. The zero-order valence-electron chi connectivity index (χ0n) is 9.98. The molecule has 0 aliphatic rings. The molecule has 0 aromatic carbocycles. The third-order valence-corrected chi connectivity index (χ3v) is 3.42. The summed E-state index contributed by atoms with van der Waals surface area (Å²) in [6, 6.07) is 4.66. The normalized spacial score (nSPS) is 14.9. The van der Waals surface area contributed by atoms with Gasteiger partial charge in [0.1, 0.15) is 0 Å². The van der Waals surface area contributed by atoms with Gasteiger partial charge < -0.3 is 15.2 Å². The van der Waals surface area contributed by atoms with Crippen LogP contribution in [0.5, 0.6) is 0 Å². The van der Waals surface area contributed by atoms with Crippen LogP contribution < -0.4 is 5.32 Å². The molecule has 16 heavy (non-hydrogen) atoms. The van der Waals surface area contributed by atoms with Crippen LogP contribution >= 0.6 is 11.3 Å². The molecule has 0 aliphatic carbocycles. The van der Waals surface area contributed by atoms with Gasteiger partial charge in [-0.15, -0.1) is 11.3 Å². The van der Waals surface area contributed by atoms with Crippen LogP contribution in [0.15, 0.2) is 17.5 Å². The summed E-state index contributed by atoms with van der Waals surface area (Å²) in [6.07, 6.45) is 1.69. The fourth-order valence-electron chi connectivity index (χ4n) is 1.59. The standard InChI is InChI=1S/C12H21NO2S/c1-3-10(7-12-5-4-6-16-12)13-8-11(14)9-15-2/h4-6,10-11,13-14H,3,7-9H2,1-2H3. The summed E-state index contributed by atoms with van der Waals surface area (Å²) < 4.78 is 4.89. The van der Waals surface area contributed by atoms with Gasteiger partial charge in [0.2, 0.25) is 0 Å². The van der Waals surface area contributed by atoms with Gasteiger partial charge in [0, 0.05) is 24.6 Å². The molecule has 1 aromatic rings. The minimum Gasteiger partial charge on any atom is -0.389 e. The van der Waals surface area contributed by atoms with Gasteiger partial charge in [0.05, 0.1) is 12.7 Å². The molecule has 0 saturated carbocycles. The Bertz CT molecular complexity index is 264. The molecule has 2 unspecified atom stereocenters. The monoisotopic (exact) mass is 243 g/mol. The Kier molecular flexibility index (Phi) is 6.64. The molecule has 0 amide bonds. The van der Waals surface area contributed by atoms with E-state index in [9.17, 15) is 5.11 Å². The van der Waals surface area contributed by atoms with Crippen LogP contribution in [-0.2, 0) is 11.2 Å². The molecule has 0 saturated heterocycles. The lowest BCUT2D eigenvalue weighted by Gasteiger charge is -2.18. The number of hydrogen-bond acceptors (Lipinski definition) is 4. The van der Waals surface area contributed by atoms with Gasteiger partial charge in [-0.25, -0.2) is 0 Å². The number of aliphatic hydroxyl groups is 1. The van der Waals surface area contributed by atoms with Crippen molar-refractivity contribution in [3.63, 3.8) is 0 Å². The van der Waals surface area contributed by atoms with Crippen LogP contribution in [0, 0.1) is 0 Å². The highest BCUT2D eigenvalue weighted by molar-refractivity contribution is 7.09. The minimum atomic E-state index is -0.414. The van der Waals surface area contributed by atoms with Crippen molar-refractivity contribution in [3.05, 3.63) is 22.4 Å². The highest BCUT2D eigenvalue weighted by Crippen LogP contribution is 2.12. The molecule has 3 nitrogen and oxygen atoms in total. The van der Waals surface area contributed by atoms with Gasteiger partial charge in [-0.1, -0.05) is 13.0 Å². The zero-order chi connectivity index (χ0) is 11.8. The predicted molar refractivity (Wildman–Crippen MR) is 68.0 cm³/mol. The third-order valence-electron chi connectivity index (χ3n) is 2.52. The van der Waals surface area contributed by atoms with E-state index in [2.05, 4.69) is 29.8 Å². The molecule has 0 fully saturated rings. The first-order valence-electron chi connectivity index (χ1n) is 5.69. The first-order valence-corrected chi connectivity index (χ1v) is 6.57. The Morgan fingerprint density at radius 1 is 1.56 bits per heavy atom. The quantitative estimate of drug-likeness (QED) is 0.730. The summed E-state index contributed by atoms with van der Waals surface area (Å²) >= 11 is 1.78. The van der Waals surface area contributed by atoms with E-state index in [0.717, 1.165) is 12.8 Å². The Morgan fingerprint density at radius 3 is 2.94 bits per heavy atom. The highest BCUT2D eigenvalue weighted by atomic mass is 32.1. The average molecular weight is 243 g/mol. The van der Waals surface area contributed by atoms with Crippen LogP contribution in [0.3, 0.4) is 0 Å². The fraction of sp³-hybridized carbons (Fsp3) is 0.667. The van der Waals surface area contributed by atoms with Crippen LogP contribution in [0.2, 0.25) is 0 Å². The Hall–Kier alpha value is -0.420. The van der Waals surface area contributed by atoms with E-state index in [1.807, 2.05) is 0 Å². The van der Waals surface area contributed by atoms with Gasteiger partial charge in [0.15, 0.2) is 0 Å². The van der Waals surface area contributed by atoms with Gasteiger partial charge in [-0.05, 0) is 24.3 Å². The van der Waals surface area contributed by atoms with Crippen molar-refractivity contribution >= 4 is 11.3 Å². The largest absolute Gasteiger partial charge is 0.389 e. The molecule has 2 atom stereocenters. The molecule has 1 aromatic heterocycles. The second-order valence-electron chi connectivity index (χ2n) is 3.91. The lowest BCUT2D eigenvalue weighted by Crippen LogP contribution is -2.38. The van der Waals surface area contributed by atoms with E-state index in [-0.39, 0.29) is 0 Å². The Morgan fingerprint density at radius 2 is 2.38 bits per heavy atom. The van der Waals surface area contributed by atoms with Crippen molar-refractivity contribution in [1.82, 2.24) is 5.32 Å². The van der Waals surface area contributed by atoms with Crippen molar-refractivity contribution in [1.29, 1.82) is 0 Å². The number of methoxy groups -OCH3 is 1. The second kappa shape index (κ2) is 7.79. The lowest BCUT2D eigenvalue weighted by atomic mass is 10.1. The molecule has 0 spiro atoms. The first kappa shape index (κ1) is 13.6. The van der Waals surface area contributed by atoms with Gasteiger partial charge >= 0.3 is 0 Å². The van der Waals surface area contributed by atoms with E-state index in [0.29, 0.717) is 19.2 Å². The maximum absolute atomic E-state index is 9.53. The topological polar surface area (TPSA) is 41.5 Å². The van der Waals surface area contributed by atoms with Crippen LogP contribution in [0.25, 0.3) is 0 Å². The van der Waals surface area contributed by atoms with E-state index in [1.54, 1.807) is 18.4 Å². The molecule has 1 heterocycles. The number of nitrogens with one attached hydrogen (secondary N) is 1. The minimum absolute atomic E-state index is 0.391. The summed E-state index contributed by atoms with van der Waals surface area (Å²) in [5, 5.41) is 15.0. The number of thiophene rings is 1. The van der Waals surface area contributed by atoms with Crippen molar-refractivity contribution in [2.24, 2.45) is 0 Å². The van der Waals surface area contributed by atoms with Crippen molar-refractivity contribution < 1.29 is 9.84 Å². The first-order chi connectivity index (χ1) is 7.76. The fourth-order valence-corrected chi connectivity index (χ4v) is 2.37. The summed E-state index contributed by atoms with van der Waals surface area (Å²) in [5.41, 5.74) is 0. The SMILES string of the molecule is CCC(Cc1cccs1)NCC(O)COC. The predicted octanol–water partition coefficient (Wildman–Crippen LogP) is 1.67. The molecule has 0 radical (unpaired) electrons. The lowest BCUT2D eigenvalue weighted by molar-refractivity contribution is 0.0626. The molecule has 4 heteroatoms. The van der Waals surface area contributed by atoms with Crippen molar-refractivity contribution in [3.8, 4) is 0 Å². The second-order valence-corrected chi connectivity index (χ2v) is 4.94. The van der Waals surface area contributed by atoms with E-state index >= 15 is 0 Å². The van der Waals surface area contributed by atoms with Crippen LogP contribution in [0.1, 0.15) is 18.2 Å². The molecule has 0 bridgehead atoms. The smallest absolute Gasteiger partial charge is 0.0897 e. The number of hydrogen-bond donors (Lipinski definition) is 2. The molecule has 2 N–H and O–H groups in total. The van der Waals surface area contributed by atoms with Crippen LogP contribution in [0.4, 0.5) is 0 Å². The molecular weight excluding hydrogens is 222 g/mol. The van der Waals surface area contributed by atoms with E-state index in [4.69, 9.17) is 4.74 Å². The van der Waals surface area contributed by atoms with E-state index < -0.39 is 6.10 Å². The van der Waals surface area contributed by atoms with Crippen LogP contribution in [-0.4, -0.2) is 37.5 Å². The summed E-state index contributed by atoms with van der Waals surface area (Å²) in [6.45, 7) is 3.15. The number of rotatable bonds is 8. The Labute approximate surface area is 101 Å². The number of ether oxygens (including phenoxy) is 1. The highest BCUT2D eigenvalue weighted by Gasteiger charge is 2.10. The van der Waals surface area contributed by atoms with Gasteiger partial charge in [-0.3, -0.25) is 0 Å². The molecular formula is C12H21NO2S. The third kappa shape index (κ3) is 5.07. The number of aliphatic hydroxyl groups excluding tert-OH is 1. The summed E-state index contributed by atoms with van der Waals surface area (Å²) in [5.74, 6) is 0.